The lowest BCUT2D eigenvalue weighted by Crippen LogP contribution is -3.16. The molecule has 1 aliphatic heterocycles. The Morgan fingerprint density at radius 2 is 1.82 bits per heavy atom. The average molecular weight is 386 g/mol. The summed E-state index contributed by atoms with van der Waals surface area (Å²) in [5.41, 5.74) is 2.42. The number of piperazine rings is 1. The summed E-state index contributed by atoms with van der Waals surface area (Å²) in [5, 5.41) is 10.4. The Hall–Kier alpha value is -2.24. The summed E-state index contributed by atoms with van der Waals surface area (Å²) in [6.45, 7) is 9.81. The summed E-state index contributed by atoms with van der Waals surface area (Å²) < 4.78 is 11.6. The fraction of sp³-hybridized carbons (Fsp3) is 0.478. The molecule has 2 aromatic carbocycles. The number of nitrogens with one attached hydrogen (secondary N) is 1. The van der Waals surface area contributed by atoms with E-state index < -0.39 is 6.10 Å². The normalized spacial score (nSPS) is 16.0. The molecule has 0 radical (unpaired) electrons. The Morgan fingerprint density at radius 1 is 1.04 bits per heavy atom. The van der Waals surface area contributed by atoms with Gasteiger partial charge in [0.05, 0.1) is 38.5 Å². The van der Waals surface area contributed by atoms with Crippen LogP contribution in [0.4, 0.5) is 5.69 Å². The maximum absolute atomic E-state index is 10.4. The molecular formula is C23H33N2O3+. The number of rotatable bonds is 9. The number of aryl methyl sites for hydroxylation is 1. The van der Waals surface area contributed by atoms with Gasteiger partial charge in [0.15, 0.2) is 0 Å². The van der Waals surface area contributed by atoms with Crippen molar-refractivity contribution in [3.63, 3.8) is 0 Å². The largest absolute Gasteiger partial charge is 0.492 e. The maximum atomic E-state index is 10.4. The van der Waals surface area contributed by atoms with Gasteiger partial charge in [-0.1, -0.05) is 31.2 Å². The number of hydrogen-bond donors (Lipinski definition) is 2. The second kappa shape index (κ2) is 10.3. The third-order valence-corrected chi connectivity index (χ3v) is 5.25. The number of anilines is 1. The van der Waals surface area contributed by atoms with E-state index in [1.807, 2.05) is 37.3 Å². The Kier molecular flexibility index (Phi) is 7.57. The molecule has 5 heteroatoms. The number of aliphatic hydroxyl groups is 1. The Balaban J connectivity index is 1.45. The van der Waals surface area contributed by atoms with E-state index in [-0.39, 0.29) is 0 Å². The molecule has 0 amide bonds. The molecule has 28 heavy (non-hydrogen) atoms. The van der Waals surface area contributed by atoms with Crippen molar-refractivity contribution in [3.05, 3.63) is 54.1 Å². The minimum Gasteiger partial charge on any atom is -0.492 e. The van der Waals surface area contributed by atoms with E-state index in [0.717, 1.165) is 44.1 Å². The standard InChI is InChI=1S/C23H32N2O3/c1-3-19-8-7-9-21(16-19)28-18-20(26)17-24-12-14-25(15-13-24)22-10-5-6-11-23(22)27-4-2/h5-11,16,20,26H,3-4,12-15,17-18H2,1-2H3/p+1/t20-/m0/s1. The summed E-state index contributed by atoms with van der Waals surface area (Å²) in [7, 11) is 0. The summed E-state index contributed by atoms with van der Waals surface area (Å²) in [4.78, 5) is 3.80. The minimum atomic E-state index is -0.456. The van der Waals surface area contributed by atoms with Crippen molar-refractivity contribution in [3.8, 4) is 11.5 Å². The van der Waals surface area contributed by atoms with E-state index in [1.54, 1.807) is 0 Å². The summed E-state index contributed by atoms with van der Waals surface area (Å²) >= 11 is 0. The topological polar surface area (TPSA) is 46.4 Å². The fourth-order valence-corrected chi connectivity index (χ4v) is 3.70. The average Bonchev–Trinajstić information content (AvgIpc) is 2.74. The van der Waals surface area contributed by atoms with E-state index in [9.17, 15) is 5.11 Å². The molecular weight excluding hydrogens is 352 g/mol. The van der Waals surface area contributed by atoms with Crippen LogP contribution < -0.4 is 19.3 Å². The third kappa shape index (κ3) is 5.63. The van der Waals surface area contributed by atoms with E-state index in [2.05, 4.69) is 30.0 Å². The minimum absolute atomic E-state index is 0.341. The van der Waals surface area contributed by atoms with Crippen molar-refractivity contribution in [2.75, 3.05) is 50.8 Å². The number of benzene rings is 2. The van der Waals surface area contributed by atoms with Gasteiger partial charge in [0.25, 0.3) is 0 Å². The van der Waals surface area contributed by atoms with E-state index in [0.29, 0.717) is 19.8 Å². The van der Waals surface area contributed by atoms with Crippen LogP contribution in [0.15, 0.2) is 48.5 Å². The van der Waals surface area contributed by atoms with Gasteiger partial charge in [0.1, 0.15) is 30.8 Å². The second-order valence-corrected chi connectivity index (χ2v) is 7.31. The molecule has 0 unspecified atom stereocenters. The third-order valence-electron chi connectivity index (χ3n) is 5.25. The summed E-state index contributed by atoms with van der Waals surface area (Å²) in [5.74, 6) is 1.79. The van der Waals surface area contributed by atoms with Crippen LogP contribution in [-0.2, 0) is 6.42 Å². The van der Waals surface area contributed by atoms with Crippen molar-refractivity contribution in [2.24, 2.45) is 0 Å². The number of quaternary nitrogens is 1. The molecule has 3 rings (SSSR count). The number of aliphatic hydroxyl groups excluding tert-OH is 1. The monoisotopic (exact) mass is 385 g/mol. The van der Waals surface area contributed by atoms with Crippen molar-refractivity contribution in [1.29, 1.82) is 0 Å². The molecule has 0 saturated carbocycles. The van der Waals surface area contributed by atoms with Crippen LogP contribution in [0.25, 0.3) is 0 Å². The zero-order valence-corrected chi connectivity index (χ0v) is 17.1. The van der Waals surface area contributed by atoms with Crippen molar-refractivity contribution < 1.29 is 19.5 Å². The second-order valence-electron chi connectivity index (χ2n) is 7.31. The lowest BCUT2D eigenvalue weighted by atomic mass is 10.2. The molecule has 2 aromatic rings. The molecule has 1 atom stereocenters. The van der Waals surface area contributed by atoms with Crippen LogP contribution in [0.2, 0.25) is 0 Å². The Bertz CT molecular complexity index is 729. The van der Waals surface area contributed by atoms with Gasteiger partial charge in [-0.05, 0) is 43.2 Å². The molecule has 5 nitrogen and oxygen atoms in total. The number of nitrogens with zero attached hydrogens (tertiary/aromatic N) is 1. The van der Waals surface area contributed by atoms with Crippen LogP contribution >= 0.6 is 0 Å². The fourth-order valence-electron chi connectivity index (χ4n) is 3.70. The summed E-state index contributed by atoms with van der Waals surface area (Å²) in [6.07, 6.45) is 0.531. The zero-order chi connectivity index (χ0) is 19.8. The first-order chi connectivity index (χ1) is 13.7. The highest BCUT2D eigenvalue weighted by atomic mass is 16.5. The van der Waals surface area contributed by atoms with Gasteiger partial charge in [-0.3, -0.25) is 0 Å². The van der Waals surface area contributed by atoms with Gasteiger partial charge in [-0.25, -0.2) is 0 Å². The van der Waals surface area contributed by atoms with Crippen LogP contribution in [0.3, 0.4) is 0 Å². The zero-order valence-electron chi connectivity index (χ0n) is 17.1. The predicted octanol–water partition coefficient (Wildman–Crippen LogP) is 1.79. The van der Waals surface area contributed by atoms with E-state index >= 15 is 0 Å². The molecule has 2 N–H and O–H groups in total. The molecule has 1 saturated heterocycles. The lowest BCUT2D eigenvalue weighted by molar-refractivity contribution is -0.903. The van der Waals surface area contributed by atoms with Gasteiger partial charge in [-0.2, -0.15) is 0 Å². The first-order valence-electron chi connectivity index (χ1n) is 10.4. The molecule has 1 aliphatic rings. The van der Waals surface area contributed by atoms with Gasteiger partial charge in [0.2, 0.25) is 0 Å². The van der Waals surface area contributed by atoms with Crippen LogP contribution in [-0.4, -0.2) is 57.1 Å². The van der Waals surface area contributed by atoms with Crippen molar-refractivity contribution in [2.45, 2.75) is 26.4 Å². The van der Waals surface area contributed by atoms with Gasteiger partial charge in [0, 0.05) is 0 Å². The number of ether oxygens (including phenoxy) is 2. The first kappa shape index (κ1) is 20.5. The Morgan fingerprint density at radius 3 is 2.57 bits per heavy atom. The molecule has 0 aromatic heterocycles. The molecule has 1 heterocycles. The molecule has 0 spiro atoms. The van der Waals surface area contributed by atoms with E-state index in [4.69, 9.17) is 9.47 Å². The Labute approximate surface area is 168 Å². The van der Waals surface area contributed by atoms with Crippen molar-refractivity contribution >= 4 is 5.69 Å². The first-order valence-corrected chi connectivity index (χ1v) is 10.4. The molecule has 1 fully saturated rings. The number of hydrogen-bond acceptors (Lipinski definition) is 4. The van der Waals surface area contributed by atoms with E-state index in [1.165, 1.54) is 16.2 Å². The smallest absolute Gasteiger partial charge is 0.142 e. The van der Waals surface area contributed by atoms with Crippen LogP contribution in [0.1, 0.15) is 19.4 Å². The summed E-state index contributed by atoms with van der Waals surface area (Å²) in [6, 6.07) is 16.3. The SMILES string of the molecule is CCOc1ccccc1N1CC[NH+](C[C@H](O)COc2cccc(CC)c2)CC1. The van der Waals surface area contributed by atoms with Gasteiger partial charge >= 0.3 is 0 Å². The van der Waals surface area contributed by atoms with Gasteiger partial charge in [-0.15, -0.1) is 0 Å². The van der Waals surface area contributed by atoms with Crippen molar-refractivity contribution in [1.82, 2.24) is 0 Å². The quantitative estimate of drug-likeness (QED) is 0.691. The predicted molar refractivity (Wildman–Crippen MR) is 113 cm³/mol. The molecule has 152 valence electrons. The van der Waals surface area contributed by atoms with Gasteiger partial charge < -0.3 is 24.4 Å². The highest BCUT2D eigenvalue weighted by Crippen LogP contribution is 2.27. The molecule has 0 bridgehead atoms. The molecule has 0 aliphatic carbocycles. The highest BCUT2D eigenvalue weighted by molar-refractivity contribution is 5.58. The highest BCUT2D eigenvalue weighted by Gasteiger charge is 2.24. The van der Waals surface area contributed by atoms with Crippen LogP contribution in [0.5, 0.6) is 11.5 Å². The number of para-hydroxylation sites is 2. The maximum Gasteiger partial charge on any atom is 0.142 e. The lowest BCUT2D eigenvalue weighted by Gasteiger charge is -2.35. The van der Waals surface area contributed by atoms with Crippen LogP contribution in [0, 0.1) is 0 Å².